The molecule has 0 aromatic heterocycles. The van der Waals surface area contributed by atoms with E-state index in [1.165, 1.54) is 0 Å². The maximum absolute atomic E-state index is 9.86. The van der Waals surface area contributed by atoms with E-state index in [2.05, 4.69) is 26.1 Å². The van der Waals surface area contributed by atoms with Crippen molar-refractivity contribution in [3.63, 3.8) is 0 Å². The molecule has 0 bridgehead atoms. The average Bonchev–Trinajstić information content (AvgIpc) is 2.10. The zero-order chi connectivity index (χ0) is 11.7. The zero-order valence-electron chi connectivity index (χ0n) is 10.7. The summed E-state index contributed by atoms with van der Waals surface area (Å²) in [4.78, 5) is 0. The second-order valence-electron chi connectivity index (χ2n) is 4.89. The van der Waals surface area contributed by atoms with Crippen molar-refractivity contribution in [1.82, 2.24) is 5.32 Å². The molecule has 92 valence electrons. The Kier molecular flexibility index (Phi) is 8.02. The van der Waals surface area contributed by atoms with E-state index >= 15 is 0 Å². The Morgan fingerprint density at radius 1 is 1.40 bits per heavy atom. The summed E-state index contributed by atoms with van der Waals surface area (Å²) in [7, 11) is 0. The summed E-state index contributed by atoms with van der Waals surface area (Å²) in [6.07, 6.45) is 1.85. The predicted molar refractivity (Wildman–Crippen MR) is 64.1 cm³/mol. The van der Waals surface area contributed by atoms with E-state index in [1.54, 1.807) is 0 Å². The largest absolute Gasteiger partial charge is 0.389 e. The van der Waals surface area contributed by atoms with Gasteiger partial charge in [-0.15, -0.1) is 0 Å². The first-order valence-corrected chi connectivity index (χ1v) is 5.99. The van der Waals surface area contributed by atoms with Gasteiger partial charge in [-0.2, -0.15) is 0 Å². The van der Waals surface area contributed by atoms with Crippen LogP contribution in [0.2, 0.25) is 0 Å². The lowest BCUT2D eigenvalue weighted by atomic mass is 10.0. The van der Waals surface area contributed by atoms with Crippen molar-refractivity contribution in [3.8, 4) is 0 Å². The Balaban J connectivity index is 3.30. The molecule has 1 unspecified atom stereocenters. The fraction of sp³-hybridized carbons (Fsp3) is 1.00. The average molecular weight is 217 g/mol. The molecule has 0 radical (unpaired) electrons. The Bertz CT molecular complexity index is 147. The monoisotopic (exact) mass is 217 g/mol. The van der Waals surface area contributed by atoms with Gasteiger partial charge in [-0.05, 0) is 19.3 Å². The Morgan fingerprint density at radius 3 is 2.60 bits per heavy atom. The molecule has 15 heavy (non-hydrogen) atoms. The molecule has 3 heteroatoms. The van der Waals surface area contributed by atoms with Gasteiger partial charge in [0.25, 0.3) is 0 Å². The van der Waals surface area contributed by atoms with Crippen LogP contribution in [0.25, 0.3) is 0 Å². The molecule has 0 saturated carbocycles. The van der Waals surface area contributed by atoms with E-state index in [-0.39, 0.29) is 0 Å². The van der Waals surface area contributed by atoms with Crippen LogP contribution < -0.4 is 5.32 Å². The first-order valence-electron chi connectivity index (χ1n) is 5.99. The molecule has 0 aromatic carbocycles. The standard InChI is InChI=1S/C12H27NO2/c1-5-6-12(4,14)10-13-7-8-15-9-11(2)3/h11,13-14H,5-10H2,1-4H3. The smallest absolute Gasteiger partial charge is 0.0743 e. The Morgan fingerprint density at radius 2 is 2.07 bits per heavy atom. The molecular weight excluding hydrogens is 190 g/mol. The number of rotatable bonds is 9. The SMILES string of the molecule is CCCC(C)(O)CNCCOCC(C)C. The quantitative estimate of drug-likeness (QED) is 0.579. The van der Waals surface area contributed by atoms with Crippen molar-refractivity contribution >= 4 is 0 Å². The highest BCUT2D eigenvalue weighted by Crippen LogP contribution is 2.09. The number of hydrogen-bond acceptors (Lipinski definition) is 3. The van der Waals surface area contributed by atoms with Crippen molar-refractivity contribution in [2.45, 2.75) is 46.1 Å². The molecule has 0 aromatic rings. The number of aliphatic hydroxyl groups is 1. The van der Waals surface area contributed by atoms with Crippen molar-refractivity contribution in [2.75, 3.05) is 26.3 Å². The fourth-order valence-corrected chi connectivity index (χ4v) is 1.45. The maximum atomic E-state index is 9.86. The molecule has 0 heterocycles. The zero-order valence-corrected chi connectivity index (χ0v) is 10.7. The summed E-state index contributed by atoms with van der Waals surface area (Å²) in [5.74, 6) is 0.591. The van der Waals surface area contributed by atoms with Crippen molar-refractivity contribution in [2.24, 2.45) is 5.92 Å². The highest BCUT2D eigenvalue weighted by molar-refractivity contribution is 4.74. The first-order chi connectivity index (χ1) is 6.98. The molecule has 0 aliphatic rings. The molecule has 0 aliphatic carbocycles. The minimum absolute atomic E-state index is 0.577. The third-order valence-electron chi connectivity index (χ3n) is 2.17. The summed E-state index contributed by atoms with van der Waals surface area (Å²) in [6, 6.07) is 0. The fourth-order valence-electron chi connectivity index (χ4n) is 1.45. The minimum atomic E-state index is -0.577. The normalized spacial score (nSPS) is 15.6. The van der Waals surface area contributed by atoms with E-state index in [4.69, 9.17) is 4.74 Å². The van der Waals surface area contributed by atoms with Crippen LogP contribution in [0.1, 0.15) is 40.5 Å². The van der Waals surface area contributed by atoms with Crippen molar-refractivity contribution in [3.05, 3.63) is 0 Å². The van der Waals surface area contributed by atoms with E-state index in [0.29, 0.717) is 12.5 Å². The highest BCUT2D eigenvalue weighted by atomic mass is 16.5. The van der Waals surface area contributed by atoms with Gasteiger partial charge in [0.1, 0.15) is 0 Å². The maximum Gasteiger partial charge on any atom is 0.0743 e. The van der Waals surface area contributed by atoms with Gasteiger partial charge in [-0.25, -0.2) is 0 Å². The van der Waals surface area contributed by atoms with Gasteiger partial charge in [0, 0.05) is 19.7 Å². The third-order valence-corrected chi connectivity index (χ3v) is 2.17. The number of hydrogen-bond donors (Lipinski definition) is 2. The predicted octanol–water partition coefficient (Wildman–Crippen LogP) is 1.80. The van der Waals surface area contributed by atoms with Gasteiger partial charge in [-0.3, -0.25) is 0 Å². The van der Waals surface area contributed by atoms with E-state index in [1.807, 2.05) is 6.92 Å². The van der Waals surface area contributed by atoms with Crippen LogP contribution in [-0.2, 0) is 4.74 Å². The number of nitrogens with one attached hydrogen (secondary N) is 1. The van der Waals surface area contributed by atoms with Crippen molar-refractivity contribution < 1.29 is 9.84 Å². The topological polar surface area (TPSA) is 41.5 Å². The van der Waals surface area contributed by atoms with Gasteiger partial charge in [0.15, 0.2) is 0 Å². The highest BCUT2D eigenvalue weighted by Gasteiger charge is 2.17. The lowest BCUT2D eigenvalue weighted by molar-refractivity contribution is 0.0459. The van der Waals surface area contributed by atoms with E-state index in [9.17, 15) is 5.11 Å². The van der Waals surface area contributed by atoms with Crippen LogP contribution in [0.4, 0.5) is 0 Å². The molecule has 0 rings (SSSR count). The molecule has 0 aliphatic heterocycles. The molecule has 3 nitrogen and oxygen atoms in total. The molecule has 0 fully saturated rings. The van der Waals surface area contributed by atoms with Crippen LogP contribution in [-0.4, -0.2) is 37.0 Å². The summed E-state index contributed by atoms with van der Waals surface area (Å²) in [6.45, 7) is 11.2. The first kappa shape index (κ1) is 14.9. The summed E-state index contributed by atoms with van der Waals surface area (Å²) >= 11 is 0. The van der Waals surface area contributed by atoms with Gasteiger partial charge in [-0.1, -0.05) is 27.2 Å². The van der Waals surface area contributed by atoms with Gasteiger partial charge in [0.05, 0.1) is 12.2 Å². The second-order valence-corrected chi connectivity index (χ2v) is 4.89. The summed E-state index contributed by atoms with van der Waals surface area (Å²) < 4.78 is 5.43. The molecular formula is C12H27NO2. The van der Waals surface area contributed by atoms with Crippen molar-refractivity contribution in [1.29, 1.82) is 0 Å². The molecule has 0 amide bonds. The lowest BCUT2D eigenvalue weighted by Gasteiger charge is -2.23. The second kappa shape index (κ2) is 8.08. The molecule has 1 atom stereocenters. The molecule has 0 saturated heterocycles. The van der Waals surface area contributed by atoms with Crippen LogP contribution in [0.15, 0.2) is 0 Å². The van der Waals surface area contributed by atoms with Crippen LogP contribution in [0.3, 0.4) is 0 Å². The van der Waals surface area contributed by atoms with Crippen LogP contribution in [0, 0.1) is 5.92 Å². The van der Waals surface area contributed by atoms with Crippen LogP contribution >= 0.6 is 0 Å². The Hall–Kier alpha value is -0.120. The van der Waals surface area contributed by atoms with Gasteiger partial charge >= 0.3 is 0 Å². The summed E-state index contributed by atoms with van der Waals surface area (Å²) in [5.41, 5.74) is -0.577. The van der Waals surface area contributed by atoms with E-state index < -0.39 is 5.60 Å². The van der Waals surface area contributed by atoms with Crippen LogP contribution in [0.5, 0.6) is 0 Å². The lowest BCUT2D eigenvalue weighted by Crippen LogP contribution is -2.38. The van der Waals surface area contributed by atoms with Gasteiger partial charge in [0.2, 0.25) is 0 Å². The molecule has 0 spiro atoms. The van der Waals surface area contributed by atoms with E-state index in [0.717, 1.165) is 32.6 Å². The minimum Gasteiger partial charge on any atom is -0.389 e. The molecule has 2 N–H and O–H groups in total. The Labute approximate surface area is 94.2 Å². The third kappa shape index (κ3) is 10.2. The summed E-state index contributed by atoms with van der Waals surface area (Å²) in [5, 5.41) is 13.1. The van der Waals surface area contributed by atoms with Gasteiger partial charge < -0.3 is 15.2 Å². The number of ether oxygens (including phenoxy) is 1.